The average Bonchev–Trinajstić information content (AvgIpc) is 2.82. The Hall–Kier alpha value is -4.10. The number of amides is 1. The summed E-state index contributed by atoms with van der Waals surface area (Å²) in [4.78, 5) is 20.5. The summed E-state index contributed by atoms with van der Waals surface area (Å²) in [7, 11) is 1.56. The Morgan fingerprint density at radius 3 is 2.62 bits per heavy atom. The molecule has 1 aromatic heterocycles. The minimum absolute atomic E-state index is 0.292. The number of benzene rings is 3. The normalized spacial score (nSPS) is 10.4. The number of carbonyl (C=O) groups is 1. The van der Waals surface area contributed by atoms with Crippen molar-refractivity contribution in [2.24, 2.45) is 0 Å². The average molecular weight is 446 g/mol. The summed E-state index contributed by atoms with van der Waals surface area (Å²) in [5, 5.41) is 11.7. The highest BCUT2D eigenvalue weighted by molar-refractivity contribution is 6.33. The van der Waals surface area contributed by atoms with Gasteiger partial charge in [0.25, 0.3) is 0 Å². The molecule has 1 heterocycles. The van der Waals surface area contributed by atoms with Crippen molar-refractivity contribution in [3.05, 3.63) is 84.5 Å². The van der Waals surface area contributed by atoms with Crippen LogP contribution < -0.4 is 20.7 Å². The molecular formula is C24H20ClN5O2. The third kappa shape index (κ3) is 4.79. The van der Waals surface area contributed by atoms with Crippen molar-refractivity contribution < 1.29 is 9.53 Å². The zero-order valence-electron chi connectivity index (χ0n) is 17.2. The van der Waals surface area contributed by atoms with Crippen molar-refractivity contribution in [3.8, 4) is 5.75 Å². The van der Waals surface area contributed by atoms with Crippen LogP contribution in [0.5, 0.6) is 5.75 Å². The lowest BCUT2D eigenvalue weighted by atomic mass is 10.1. The van der Waals surface area contributed by atoms with Crippen LogP contribution in [0, 0.1) is 0 Å². The zero-order valence-corrected chi connectivity index (χ0v) is 18.0. The number of fused-ring (bicyclic) bond motifs is 1. The Morgan fingerprint density at radius 1 is 1.03 bits per heavy atom. The maximum atomic E-state index is 11.8. The SMILES string of the molecule is C=CC(=O)Nc1ccc(OC)cc1Nc1ncc(Cl)c(Nc2ccc3ccccc3c2)n1. The van der Waals surface area contributed by atoms with Crippen molar-refractivity contribution in [2.45, 2.75) is 0 Å². The standard InChI is InChI=1S/C24H20ClN5O2/c1-3-22(31)28-20-11-10-18(32-2)13-21(20)29-24-26-14-19(25)23(30-24)27-17-9-8-15-6-4-5-7-16(15)12-17/h3-14H,1H2,2H3,(H,28,31)(H2,26,27,29,30). The Labute approximate surface area is 190 Å². The molecule has 3 N–H and O–H groups in total. The predicted octanol–water partition coefficient (Wildman–Crippen LogP) is 5.90. The van der Waals surface area contributed by atoms with Crippen molar-refractivity contribution >= 4 is 57.1 Å². The van der Waals surface area contributed by atoms with Gasteiger partial charge in [0, 0.05) is 11.8 Å². The summed E-state index contributed by atoms with van der Waals surface area (Å²) < 4.78 is 5.29. The number of nitrogens with zero attached hydrogens (tertiary/aromatic N) is 2. The van der Waals surface area contributed by atoms with E-state index in [0.717, 1.165) is 16.5 Å². The first-order valence-corrected chi connectivity index (χ1v) is 10.1. The number of hydrogen-bond donors (Lipinski definition) is 3. The van der Waals surface area contributed by atoms with Crippen molar-refractivity contribution in [2.75, 3.05) is 23.1 Å². The summed E-state index contributed by atoms with van der Waals surface area (Å²) in [5.74, 6) is 1.00. The maximum Gasteiger partial charge on any atom is 0.247 e. The molecule has 0 radical (unpaired) electrons. The fourth-order valence-corrected chi connectivity index (χ4v) is 3.22. The molecule has 0 aliphatic carbocycles. The Bertz CT molecular complexity index is 1310. The number of nitrogens with one attached hydrogen (secondary N) is 3. The molecule has 7 nitrogen and oxygen atoms in total. The fraction of sp³-hybridized carbons (Fsp3) is 0.0417. The number of carbonyl (C=O) groups excluding carboxylic acids is 1. The monoisotopic (exact) mass is 445 g/mol. The van der Waals surface area contributed by atoms with E-state index in [9.17, 15) is 4.79 Å². The first-order valence-electron chi connectivity index (χ1n) is 9.72. The van der Waals surface area contributed by atoms with Crippen LogP contribution in [-0.2, 0) is 4.79 Å². The highest BCUT2D eigenvalue weighted by Gasteiger charge is 2.11. The lowest BCUT2D eigenvalue weighted by Crippen LogP contribution is -2.10. The lowest BCUT2D eigenvalue weighted by Gasteiger charge is -2.14. The van der Waals surface area contributed by atoms with Crippen LogP contribution in [0.1, 0.15) is 0 Å². The van der Waals surface area contributed by atoms with Gasteiger partial charge in [0.05, 0.1) is 24.7 Å². The van der Waals surface area contributed by atoms with Gasteiger partial charge >= 0.3 is 0 Å². The van der Waals surface area contributed by atoms with Crippen molar-refractivity contribution in [3.63, 3.8) is 0 Å². The number of methoxy groups -OCH3 is 1. The van der Waals surface area contributed by atoms with E-state index in [-0.39, 0.29) is 5.91 Å². The molecule has 0 atom stereocenters. The Morgan fingerprint density at radius 2 is 1.84 bits per heavy atom. The molecule has 0 aliphatic heterocycles. The number of rotatable bonds is 7. The van der Waals surface area contributed by atoms with Crippen LogP contribution in [0.4, 0.5) is 28.8 Å². The summed E-state index contributed by atoms with van der Waals surface area (Å²) in [6.45, 7) is 3.48. The molecule has 0 spiro atoms. The van der Waals surface area contributed by atoms with Gasteiger partial charge in [0.1, 0.15) is 10.8 Å². The summed E-state index contributed by atoms with van der Waals surface area (Å²) in [5.41, 5.74) is 1.92. The van der Waals surface area contributed by atoms with Gasteiger partial charge in [-0.3, -0.25) is 4.79 Å². The van der Waals surface area contributed by atoms with Crippen LogP contribution in [0.15, 0.2) is 79.5 Å². The Balaban J connectivity index is 1.62. The van der Waals surface area contributed by atoms with Gasteiger partial charge in [-0.2, -0.15) is 4.98 Å². The third-order valence-electron chi connectivity index (χ3n) is 4.67. The third-order valence-corrected chi connectivity index (χ3v) is 4.95. The van der Waals surface area contributed by atoms with Gasteiger partial charge in [-0.25, -0.2) is 4.98 Å². The van der Waals surface area contributed by atoms with E-state index in [4.69, 9.17) is 16.3 Å². The fourth-order valence-electron chi connectivity index (χ4n) is 3.09. The minimum atomic E-state index is -0.339. The minimum Gasteiger partial charge on any atom is -0.497 e. The largest absolute Gasteiger partial charge is 0.497 e. The summed E-state index contributed by atoms with van der Waals surface area (Å²) in [6.07, 6.45) is 2.70. The maximum absolute atomic E-state index is 11.8. The van der Waals surface area contributed by atoms with Crippen LogP contribution >= 0.6 is 11.6 Å². The summed E-state index contributed by atoms with van der Waals surface area (Å²) in [6, 6.07) is 19.3. The van der Waals surface area contributed by atoms with Crippen molar-refractivity contribution in [1.29, 1.82) is 0 Å². The molecule has 3 aromatic carbocycles. The molecule has 1 amide bonds. The number of anilines is 5. The van der Waals surface area contributed by atoms with Gasteiger partial charge in [0.2, 0.25) is 11.9 Å². The first-order chi connectivity index (χ1) is 15.6. The first kappa shape index (κ1) is 21.1. The molecule has 0 saturated carbocycles. The zero-order chi connectivity index (χ0) is 22.5. The summed E-state index contributed by atoms with van der Waals surface area (Å²) >= 11 is 6.33. The number of aromatic nitrogens is 2. The van der Waals surface area contributed by atoms with Crippen LogP contribution in [-0.4, -0.2) is 23.0 Å². The van der Waals surface area contributed by atoms with E-state index in [1.54, 1.807) is 25.3 Å². The van der Waals surface area contributed by atoms with E-state index < -0.39 is 0 Å². The van der Waals surface area contributed by atoms with Crippen LogP contribution in [0.2, 0.25) is 5.02 Å². The van der Waals surface area contributed by atoms with Crippen molar-refractivity contribution in [1.82, 2.24) is 9.97 Å². The van der Waals surface area contributed by atoms with E-state index in [2.05, 4.69) is 38.6 Å². The van der Waals surface area contributed by atoms with E-state index in [1.165, 1.54) is 12.3 Å². The number of ether oxygens (including phenoxy) is 1. The van der Waals surface area contributed by atoms with Gasteiger partial charge in [-0.15, -0.1) is 0 Å². The van der Waals surface area contributed by atoms with Gasteiger partial charge in [0.15, 0.2) is 5.82 Å². The molecule has 32 heavy (non-hydrogen) atoms. The molecule has 0 unspecified atom stereocenters. The molecule has 4 rings (SSSR count). The second kappa shape index (κ2) is 9.36. The molecule has 8 heteroatoms. The molecule has 0 fully saturated rings. The number of halogens is 1. The molecule has 4 aromatic rings. The molecule has 0 bridgehead atoms. The highest BCUT2D eigenvalue weighted by atomic mass is 35.5. The highest BCUT2D eigenvalue weighted by Crippen LogP contribution is 2.31. The quantitative estimate of drug-likeness (QED) is 0.307. The lowest BCUT2D eigenvalue weighted by molar-refractivity contribution is -0.111. The van der Waals surface area contributed by atoms with Crippen LogP contribution in [0.25, 0.3) is 10.8 Å². The molecule has 160 valence electrons. The van der Waals surface area contributed by atoms with Crippen LogP contribution in [0.3, 0.4) is 0 Å². The molecular weight excluding hydrogens is 426 g/mol. The molecule has 0 aliphatic rings. The van der Waals surface area contributed by atoms with Gasteiger partial charge in [-0.1, -0.05) is 48.5 Å². The van der Waals surface area contributed by atoms with Gasteiger partial charge in [-0.05, 0) is 41.1 Å². The Kier molecular flexibility index (Phi) is 6.19. The second-order valence-corrected chi connectivity index (χ2v) is 7.21. The van der Waals surface area contributed by atoms with E-state index in [1.807, 2.05) is 36.4 Å². The van der Waals surface area contributed by atoms with E-state index >= 15 is 0 Å². The molecule has 0 saturated heterocycles. The topological polar surface area (TPSA) is 88.2 Å². The van der Waals surface area contributed by atoms with E-state index in [0.29, 0.717) is 33.9 Å². The smallest absolute Gasteiger partial charge is 0.247 e. The van der Waals surface area contributed by atoms with Gasteiger partial charge < -0.3 is 20.7 Å². The predicted molar refractivity (Wildman–Crippen MR) is 129 cm³/mol. The number of hydrogen-bond acceptors (Lipinski definition) is 6. The second-order valence-electron chi connectivity index (χ2n) is 6.81.